The third-order valence-electron chi connectivity index (χ3n) is 7.85. The van der Waals surface area contributed by atoms with Crippen LogP contribution in [0.1, 0.15) is 63.9 Å². The van der Waals surface area contributed by atoms with Crippen molar-refractivity contribution >= 4 is 41.5 Å². The highest BCUT2D eigenvalue weighted by Crippen LogP contribution is 2.47. The Hall–Kier alpha value is -3.79. The number of carbonyl (C=O) groups is 5. The molecule has 2 heterocycles. The van der Waals surface area contributed by atoms with E-state index in [1.807, 2.05) is 24.4 Å². The van der Waals surface area contributed by atoms with E-state index in [0.717, 1.165) is 22.3 Å². The van der Waals surface area contributed by atoms with Gasteiger partial charge in [-0.1, -0.05) is 24.5 Å². The van der Waals surface area contributed by atoms with E-state index in [-0.39, 0.29) is 30.5 Å². The third kappa shape index (κ3) is 10.1. The number of esters is 1. The fourth-order valence-electron chi connectivity index (χ4n) is 5.52. The lowest BCUT2D eigenvalue weighted by atomic mass is 9.76. The largest absolute Gasteiger partial charge is 0.480 e. The number of allylic oxidation sites excluding steroid dienone is 1. The van der Waals surface area contributed by atoms with Gasteiger partial charge in [0.2, 0.25) is 18.0 Å². The number of aromatic nitrogens is 1. The number of aliphatic hydroxyl groups is 2. The summed E-state index contributed by atoms with van der Waals surface area (Å²) in [5, 5.41) is 41.3. The molecule has 1 aromatic heterocycles. The Kier molecular flexibility index (Phi) is 14.2. The summed E-state index contributed by atoms with van der Waals surface area (Å²) in [6, 6.07) is 1.26. The molecular weight excluding hydrogens is 620 g/mol. The molecule has 0 saturated carbocycles. The molecule has 5 atom stereocenters. The first-order valence-corrected chi connectivity index (χ1v) is 16.3. The van der Waals surface area contributed by atoms with Crippen LogP contribution in [0.15, 0.2) is 47.0 Å². The maximum atomic E-state index is 13.4. The Morgan fingerprint density at radius 2 is 1.83 bits per heavy atom. The van der Waals surface area contributed by atoms with Gasteiger partial charge < -0.3 is 41.5 Å². The number of carboxylic acid groups (broad SMARTS) is 2. The van der Waals surface area contributed by atoms with Crippen molar-refractivity contribution in [3.8, 4) is 0 Å². The van der Waals surface area contributed by atoms with Gasteiger partial charge >= 0.3 is 17.9 Å². The lowest BCUT2D eigenvalue weighted by Gasteiger charge is -2.27. The number of carbonyl (C=O) groups excluding carboxylic acids is 3. The normalized spacial score (nSPS) is 18.7. The topological polar surface area (TPSA) is 238 Å². The van der Waals surface area contributed by atoms with E-state index in [4.69, 9.17) is 20.7 Å². The predicted octanol–water partition coefficient (Wildman–Crippen LogP) is 1.01. The number of amides is 2. The number of fused-ring (bicyclic) bond motifs is 1. The van der Waals surface area contributed by atoms with Gasteiger partial charge in [-0.25, -0.2) is 4.79 Å². The van der Waals surface area contributed by atoms with Gasteiger partial charge in [-0.3, -0.25) is 24.2 Å². The zero-order chi connectivity index (χ0) is 33.8. The van der Waals surface area contributed by atoms with E-state index in [0.29, 0.717) is 50.7 Å². The predicted molar refractivity (Wildman–Crippen MR) is 167 cm³/mol. The molecule has 15 heteroatoms. The van der Waals surface area contributed by atoms with Crippen molar-refractivity contribution in [3.63, 3.8) is 0 Å². The Balaban J connectivity index is 1.85. The van der Waals surface area contributed by atoms with E-state index in [1.54, 1.807) is 12.4 Å². The minimum Gasteiger partial charge on any atom is -0.480 e. The van der Waals surface area contributed by atoms with Crippen molar-refractivity contribution in [3.05, 3.63) is 52.6 Å². The highest BCUT2D eigenvalue weighted by atomic mass is 32.2. The van der Waals surface area contributed by atoms with Crippen LogP contribution in [-0.4, -0.2) is 91.1 Å². The van der Waals surface area contributed by atoms with Gasteiger partial charge in [0.15, 0.2) is 0 Å². The van der Waals surface area contributed by atoms with Crippen LogP contribution in [0.25, 0.3) is 0 Å². The summed E-state index contributed by atoms with van der Waals surface area (Å²) in [5.74, 6) is -5.15. The fraction of sp³-hybridized carbons (Fsp3) is 0.548. The van der Waals surface area contributed by atoms with Gasteiger partial charge in [-0.15, -0.1) is 11.8 Å². The minimum atomic E-state index is -2.21. The molecule has 3 rings (SSSR count). The highest BCUT2D eigenvalue weighted by Gasteiger charge is 2.43. The molecule has 0 bridgehead atoms. The second-order valence-electron chi connectivity index (χ2n) is 11.2. The quantitative estimate of drug-likeness (QED) is 0.0623. The molecule has 0 aromatic carbocycles. The third-order valence-corrected chi connectivity index (χ3v) is 9.23. The number of nitrogens with one attached hydrogen (secondary N) is 2. The Morgan fingerprint density at radius 1 is 1.11 bits per heavy atom. The number of nitrogens with two attached hydrogens (primary N) is 1. The molecule has 14 nitrogen and oxygen atoms in total. The number of ether oxygens (including phenoxy) is 1. The zero-order valence-corrected chi connectivity index (χ0v) is 26.5. The Labute approximate surface area is 270 Å². The molecule has 1 aliphatic heterocycles. The molecule has 2 amide bonds. The van der Waals surface area contributed by atoms with Crippen molar-refractivity contribution in [2.75, 3.05) is 12.4 Å². The van der Waals surface area contributed by atoms with E-state index in [2.05, 4.69) is 10.3 Å². The van der Waals surface area contributed by atoms with Gasteiger partial charge in [0, 0.05) is 31.2 Å². The molecule has 252 valence electrons. The monoisotopic (exact) mass is 662 g/mol. The molecule has 1 aromatic rings. The molecular formula is C31H42N4O10S. The van der Waals surface area contributed by atoms with E-state index in [1.165, 1.54) is 11.8 Å². The summed E-state index contributed by atoms with van der Waals surface area (Å²) in [6.45, 7) is 1.93. The zero-order valence-electron chi connectivity index (χ0n) is 25.6. The SMILES string of the molecule is CCCC(SCC(NC(=O)CCC(N)C(=O)O)C(=O)NC(O)C(=O)O)C1=C2CCC(Cc3ccncc3)=C(CCCO)C2C(=O)O1. The average molecular weight is 663 g/mol. The van der Waals surface area contributed by atoms with Gasteiger partial charge in [-0.2, -0.15) is 0 Å². The van der Waals surface area contributed by atoms with Crippen molar-refractivity contribution in [1.82, 2.24) is 15.6 Å². The Bertz CT molecular complexity index is 1340. The summed E-state index contributed by atoms with van der Waals surface area (Å²) in [5.41, 5.74) is 9.47. The molecule has 0 fully saturated rings. The summed E-state index contributed by atoms with van der Waals surface area (Å²) in [7, 11) is 0. The van der Waals surface area contributed by atoms with Gasteiger partial charge in [0.25, 0.3) is 0 Å². The second kappa shape index (κ2) is 17.8. The van der Waals surface area contributed by atoms with Gasteiger partial charge in [0.05, 0.1) is 5.25 Å². The van der Waals surface area contributed by atoms with Crippen LogP contribution in [0, 0.1) is 5.92 Å². The first-order valence-electron chi connectivity index (χ1n) is 15.2. The van der Waals surface area contributed by atoms with Crippen LogP contribution in [0.3, 0.4) is 0 Å². The maximum absolute atomic E-state index is 13.4. The number of nitrogens with zero attached hydrogens (tertiary/aromatic N) is 1. The number of cyclic esters (lactones) is 1. The molecule has 0 spiro atoms. The first kappa shape index (κ1) is 36.7. The minimum absolute atomic E-state index is 0.0258. The molecule has 46 heavy (non-hydrogen) atoms. The molecule has 0 radical (unpaired) electrons. The number of aliphatic carboxylic acids is 2. The molecule has 1 aliphatic carbocycles. The Morgan fingerprint density at radius 3 is 2.46 bits per heavy atom. The molecule has 8 N–H and O–H groups in total. The lowest BCUT2D eigenvalue weighted by molar-refractivity contribution is -0.151. The first-order chi connectivity index (χ1) is 22.0. The number of rotatable bonds is 19. The second-order valence-corrected chi connectivity index (χ2v) is 12.4. The number of aliphatic hydroxyl groups excluding tert-OH is 2. The summed E-state index contributed by atoms with van der Waals surface area (Å²) in [6.07, 6.45) is 4.96. The standard InChI is InChI=1S/C31H42N4O10S/c1-2-4-23(46-16-22(27(38)35-28(39)30(42)43)34-24(37)9-8-21(32)29(40)41)26-20-7-6-18(15-17-10-12-33-13-11-17)19(5-3-14-36)25(20)31(44)45-26/h10-13,21-23,25,28,36,39H,2-9,14-16,32H2,1H3,(H,34,37)(H,35,38)(H,40,41)(H,42,43). The van der Waals surface area contributed by atoms with Crippen LogP contribution >= 0.6 is 11.8 Å². The van der Waals surface area contributed by atoms with Gasteiger partial charge in [0.1, 0.15) is 23.8 Å². The number of carboxylic acids is 2. The number of thioether (sulfide) groups is 1. The molecule has 5 unspecified atom stereocenters. The smallest absolute Gasteiger partial charge is 0.353 e. The van der Waals surface area contributed by atoms with Crippen LogP contribution in [0.4, 0.5) is 0 Å². The number of pyridine rings is 1. The van der Waals surface area contributed by atoms with Crippen molar-refractivity contribution in [2.45, 2.75) is 88.3 Å². The molecule has 2 aliphatic rings. The van der Waals surface area contributed by atoms with Crippen molar-refractivity contribution in [2.24, 2.45) is 11.7 Å². The van der Waals surface area contributed by atoms with E-state index >= 15 is 0 Å². The molecule has 0 saturated heterocycles. The average Bonchev–Trinajstić information content (AvgIpc) is 3.36. The number of hydrogen-bond acceptors (Lipinski definition) is 11. The van der Waals surface area contributed by atoms with Crippen LogP contribution < -0.4 is 16.4 Å². The number of hydrogen-bond donors (Lipinski definition) is 7. The summed E-state index contributed by atoms with van der Waals surface area (Å²) in [4.78, 5) is 65.2. The maximum Gasteiger partial charge on any atom is 0.353 e. The highest BCUT2D eigenvalue weighted by molar-refractivity contribution is 8.00. The van der Waals surface area contributed by atoms with Crippen molar-refractivity contribution < 1.29 is 49.1 Å². The van der Waals surface area contributed by atoms with Gasteiger partial charge in [-0.05, 0) is 68.2 Å². The fourth-order valence-corrected chi connectivity index (χ4v) is 6.93. The van der Waals surface area contributed by atoms with Crippen LogP contribution in [0.2, 0.25) is 0 Å². The van der Waals surface area contributed by atoms with E-state index < -0.39 is 54.0 Å². The van der Waals surface area contributed by atoms with Crippen LogP contribution in [-0.2, 0) is 35.1 Å². The van der Waals surface area contributed by atoms with Crippen molar-refractivity contribution in [1.29, 1.82) is 0 Å². The summed E-state index contributed by atoms with van der Waals surface area (Å²) >= 11 is 1.25. The lowest BCUT2D eigenvalue weighted by Crippen LogP contribution is -2.53. The summed E-state index contributed by atoms with van der Waals surface area (Å²) < 4.78 is 5.93. The van der Waals surface area contributed by atoms with Crippen LogP contribution in [0.5, 0.6) is 0 Å². The van der Waals surface area contributed by atoms with E-state index in [9.17, 15) is 34.2 Å².